The van der Waals surface area contributed by atoms with Crippen molar-refractivity contribution in [2.45, 2.75) is 69.0 Å². The van der Waals surface area contributed by atoms with E-state index in [1.807, 2.05) is 44.2 Å². The fourth-order valence-electron chi connectivity index (χ4n) is 6.13. The van der Waals surface area contributed by atoms with Gasteiger partial charge in [0.25, 0.3) is 0 Å². The van der Waals surface area contributed by atoms with Crippen LogP contribution in [0.4, 0.5) is 10.5 Å². The topological polar surface area (TPSA) is 156 Å². The van der Waals surface area contributed by atoms with Crippen LogP contribution in [-0.2, 0) is 35.4 Å². The number of hydrogen-bond donors (Lipinski definition) is 3. The predicted octanol–water partition coefficient (Wildman–Crippen LogP) is 2.92. The molecule has 0 spiro atoms. The van der Waals surface area contributed by atoms with E-state index in [1.54, 1.807) is 20.0 Å². The standard InChI is InChI=1S/C32H42N4O8S/c1-19(2)16-36(45(40,41)22-10-11-25-24(15-22)29(20(3)33-4)30(38)34-25)17-27(37)26(14-21-8-6-5-7-9-21)35-32(39)44-28-18-43-31-23(28)12-13-42-31/h5-11,15,19,23,26-29,31,37H,12-14,16-18H2,1-4H3,(H,34,38)(H,35,39). The predicted molar refractivity (Wildman–Crippen MR) is 168 cm³/mol. The average Bonchev–Trinajstić information content (AvgIpc) is 3.71. The first-order chi connectivity index (χ1) is 21.5. The monoisotopic (exact) mass is 642 g/mol. The highest BCUT2D eigenvalue weighted by Gasteiger charge is 2.44. The lowest BCUT2D eigenvalue weighted by Crippen LogP contribution is -2.51. The van der Waals surface area contributed by atoms with Crippen molar-refractivity contribution < 1.29 is 37.3 Å². The summed E-state index contributed by atoms with van der Waals surface area (Å²) in [7, 11) is -2.54. The van der Waals surface area contributed by atoms with Crippen LogP contribution in [0, 0.1) is 11.8 Å². The van der Waals surface area contributed by atoms with Crippen molar-refractivity contribution in [1.82, 2.24) is 9.62 Å². The first-order valence-electron chi connectivity index (χ1n) is 15.3. The fraction of sp³-hybridized carbons (Fsp3) is 0.531. The zero-order chi connectivity index (χ0) is 32.3. The van der Waals surface area contributed by atoms with Crippen molar-refractivity contribution in [3.63, 3.8) is 0 Å². The number of ether oxygens (including phenoxy) is 3. The zero-order valence-electron chi connectivity index (χ0n) is 26.0. The molecule has 0 saturated carbocycles. The maximum atomic E-state index is 14.1. The quantitative estimate of drug-likeness (QED) is 0.299. The molecule has 13 heteroatoms. The van der Waals surface area contributed by atoms with E-state index in [0.29, 0.717) is 23.6 Å². The SMILES string of the molecule is CN=C(C)C1C(=O)Nc2ccc(S(=O)(=O)N(CC(C)C)CC(O)C(Cc3ccccc3)NC(=O)OC3COC4OCCC34)cc21. The number of benzene rings is 2. The molecule has 6 unspecified atom stereocenters. The van der Waals surface area contributed by atoms with Crippen LogP contribution in [0.25, 0.3) is 0 Å². The molecule has 0 bridgehead atoms. The Morgan fingerprint density at radius 3 is 2.64 bits per heavy atom. The number of aliphatic hydroxyl groups excluding tert-OH is 1. The van der Waals surface area contributed by atoms with E-state index < -0.39 is 40.3 Å². The Hall–Kier alpha value is -3.36. The second kappa shape index (κ2) is 14.0. The van der Waals surface area contributed by atoms with Crippen LogP contribution in [0.15, 0.2) is 58.4 Å². The third kappa shape index (κ3) is 7.39. The lowest BCUT2D eigenvalue weighted by Gasteiger charge is -2.31. The molecule has 3 aliphatic rings. The molecule has 2 amide bonds. The summed E-state index contributed by atoms with van der Waals surface area (Å²) in [5.41, 5.74) is 2.49. The average molecular weight is 643 g/mol. The molecule has 2 aromatic rings. The smallest absolute Gasteiger partial charge is 0.407 e. The van der Waals surface area contributed by atoms with Gasteiger partial charge in [-0.2, -0.15) is 4.31 Å². The summed E-state index contributed by atoms with van der Waals surface area (Å²) < 4.78 is 46.3. The van der Waals surface area contributed by atoms with E-state index in [4.69, 9.17) is 14.2 Å². The molecule has 6 atom stereocenters. The summed E-state index contributed by atoms with van der Waals surface area (Å²) in [5.74, 6) is -1.07. The number of alkyl carbamates (subject to hydrolysis) is 1. The van der Waals surface area contributed by atoms with E-state index >= 15 is 0 Å². The van der Waals surface area contributed by atoms with Gasteiger partial charge in [0.1, 0.15) is 12.0 Å². The number of hydrogen-bond acceptors (Lipinski definition) is 9. The number of aliphatic imine (C=N–C) groups is 1. The minimum atomic E-state index is -4.13. The van der Waals surface area contributed by atoms with Gasteiger partial charge in [0.05, 0.1) is 36.2 Å². The molecule has 3 aliphatic heterocycles. The van der Waals surface area contributed by atoms with Gasteiger partial charge in [0.15, 0.2) is 6.29 Å². The molecule has 45 heavy (non-hydrogen) atoms. The molecule has 3 heterocycles. The second-order valence-electron chi connectivity index (χ2n) is 12.2. The molecule has 2 fully saturated rings. The summed E-state index contributed by atoms with van der Waals surface area (Å²) in [6.45, 7) is 6.10. The van der Waals surface area contributed by atoms with Gasteiger partial charge in [0, 0.05) is 31.5 Å². The Kier molecular flexibility index (Phi) is 10.2. The normalized spacial score (nSPS) is 24.3. The van der Waals surface area contributed by atoms with E-state index in [0.717, 1.165) is 12.0 Å². The number of carbonyl (C=O) groups excluding carboxylic acids is 2. The van der Waals surface area contributed by atoms with Gasteiger partial charge in [-0.25, -0.2) is 13.2 Å². The van der Waals surface area contributed by atoms with Crippen LogP contribution in [0.5, 0.6) is 0 Å². The van der Waals surface area contributed by atoms with Crippen LogP contribution in [0.1, 0.15) is 44.2 Å². The van der Waals surface area contributed by atoms with E-state index in [9.17, 15) is 23.1 Å². The first kappa shape index (κ1) is 33.0. The van der Waals surface area contributed by atoms with E-state index in [-0.39, 0.29) is 55.0 Å². The third-order valence-corrected chi connectivity index (χ3v) is 10.4. The van der Waals surface area contributed by atoms with Crippen molar-refractivity contribution in [2.75, 3.05) is 38.7 Å². The zero-order valence-corrected chi connectivity index (χ0v) is 26.8. The highest BCUT2D eigenvalue weighted by Crippen LogP contribution is 2.36. The number of amides is 2. The van der Waals surface area contributed by atoms with Crippen molar-refractivity contribution >= 4 is 33.4 Å². The molecule has 12 nitrogen and oxygen atoms in total. The van der Waals surface area contributed by atoms with Gasteiger partial charge < -0.3 is 30.0 Å². The second-order valence-corrected chi connectivity index (χ2v) is 14.2. The first-order valence-corrected chi connectivity index (χ1v) is 16.7. The Bertz CT molecular complexity index is 1520. The highest BCUT2D eigenvalue weighted by molar-refractivity contribution is 7.89. The lowest BCUT2D eigenvalue weighted by atomic mass is 9.96. The Labute approximate surface area is 264 Å². The molecule has 2 saturated heterocycles. The van der Waals surface area contributed by atoms with Gasteiger partial charge in [-0.3, -0.25) is 9.79 Å². The molecular formula is C32H42N4O8S. The van der Waals surface area contributed by atoms with Crippen LogP contribution >= 0.6 is 0 Å². The van der Waals surface area contributed by atoms with Crippen LogP contribution in [0.2, 0.25) is 0 Å². The lowest BCUT2D eigenvalue weighted by molar-refractivity contribution is -0.115. The number of rotatable bonds is 12. The molecule has 3 N–H and O–H groups in total. The number of carbonyl (C=O) groups is 2. The molecule has 0 radical (unpaired) electrons. The summed E-state index contributed by atoms with van der Waals surface area (Å²) in [5, 5.41) is 17.2. The van der Waals surface area contributed by atoms with Crippen LogP contribution < -0.4 is 10.6 Å². The minimum absolute atomic E-state index is 0.000974. The summed E-state index contributed by atoms with van der Waals surface area (Å²) in [6, 6.07) is 13.0. The summed E-state index contributed by atoms with van der Waals surface area (Å²) >= 11 is 0. The van der Waals surface area contributed by atoms with Gasteiger partial charge >= 0.3 is 6.09 Å². The van der Waals surface area contributed by atoms with E-state index in [2.05, 4.69) is 15.6 Å². The highest BCUT2D eigenvalue weighted by atomic mass is 32.2. The number of aliphatic hydroxyl groups is 1. The minimum Gasteiger partial charge on any atom is -0.443 e. The largest absolute Gasteiger partial charge is 0.443 e. The molecule has 2 aromatic carbocycles. The summed E-state index contributed by atoms with van der Waals surface area (Å²) in [6.07, 6.45) is -1.90. The van der Waals surface area contributed by atoms with Gasteiger partial charge in [0.2, 0.25) is 15.9 Å². The Morgan fingerprint density at radius 1 is 1.18 bits per heavy atom. The number of nitrogens with one attached hydrogen (secondary N) is 2. The number of sulfonamides is 1. The summed E-state index contributed by atoms with van der Waals surface area (Å²) in [4.78, 5) is 29.9. The number of anilines is 1. The molecule has 244 valence electrons. The van der Waals surface area contributed by atoms with Crippen molar-refractivity contribution in [3.8, 4) is 0 Å². The van der Waals surface area contributed by atoms with E-state index in [1.165, 1.54) is 16.4 Å². The van der Waals surface area contributed by atoms with Gasteiger partial charge in [-0.05, 0) is 55.0 Å². The van der Waals surface area contributed by atoms with Crippen LogP contribution in [0.3, 0.4) is 0 Å². The Morgan fingerprint density at radius 2 is 1.93 bits per heavy atom. The maximum absolute atomic E-state index is 14.1. The van der Waals surface area contributed by atoms with Crippen molar-refractivity contribution in [1.29, 1.82) is 0 Å². The Balaban J connectivity index is 1.37. The van der Waals surface area contributed by atoms with Crippen molar-refractivity contribution in [2.24, 2.45) is 16.8 Å². The molecule has 0 aromatic heterocycles. The van der Waals surface area contributed by atoms with Crippen molar-refractivity contribution in [3.05, 3.63) is 59.7 Å². The number of fused-ring (bicyclic) bond motifs is 2. The van der Waals surface area contributed by atoms with Crippen LogP contribution in [-0.4, -0.2) is 93.4 Å². The molecule has 0 aliphatic carbocycles. The number of nitrogens with zero attached hydrogens (tertiary/aromatic N) is 2. The maximum Gasteiger partial charge on any atom is 0.407 e. The third-order valence-electron chi connectivity index (χ3n) is 8.53. The van der Waals surface area contributed by atoms with Gasteiger partial charge in [-0.1, -0.05) is 44.2 Å². The molecular weight excluding hydrogens is 600 g/mol. The van der Waals surface area contributed by atoms with Gasteiger partial charge in [-0.15, -0.1) is 0 Å². The fourth-order valence-corrected chi connectivity index (χ4v) is 7.79. The molecule has 5 rings (SSSR count).